The molecule has 0 spiro atoms. The molecule has 0 rings (SSSR count). The first kappa shape index (κ1) is 23.6. The molecule has 0 heterocycles. The van der Waals surface area contributed by atoms with Crippen LogP contribution in [0.25, 0.3) is 0 Å². The Hall–Kier alpha value is -1.67. The van der Waals surface area contributed by atoms with Crippen LogP contribution in [0.15, 0.2) is 0 Å². The number of amides is 2. The first-order valence-electron chi connectivity index (χ1n) is 7.24. The summed E-state index contributed by atoms with van der Waals surface area (Å²) in [4.78, 5) is 45.5. The maximum atomic E-state index is 12.0. The highest BCUT2D eigenvalue weighted by Gasteiger charge is 2.19. The van der Waals surface area contributed by atoms with Gasteiger partial charge in [0.15, 0.2) is 5.78 Å². The van der Waals surface area contributed by atoms with E-state index in [1.165, 1.54) is 14.0 Å². The fourth-order valence-electron chi connectivity index (χ4n) is 1.75. The summed E-state index contributed by atoms with van der Waals surface area (Å²) < 4.78 is 4.43. The first-order chi connectivity index (χ1) is 10.4. The molecular weight excluding hydrogens is 326 g/mol. The molecule has 9 heteroatoms. The summed E-state index contributed by atoms with van der Waals surface area (Å²) in [6.45, 7) is 1.66. The maximum Gasteiger partial charge on any atom is 0.305 e. The van der Waals surface area contributed by atoms with Crippen LogP contribution in [0.1, 0.15) is 39.0 Å². The molecule has 0 bridgehead atoms. The van der Waals surface area contributed by atoms with Gasteiger partial charge in [0.2, 0.25) is 11.8 Å². The number of halogens is 1. The van der Waals surface area contributed by atoms with Gasteiger partial charge < -0.3 is 21.1 Å². The molecule has 0 aliphatic carbocycles. The molecule has 0 aromatic carbocycles. The number of hydrogen-bond donors (Lipinski definition) is 3. The summed E-state index contributed by atoms with van der Waals surface area (Å²) in [5.41, 5.74) is 5.39. The topological polar surface area (TPSA) is 128 Å². The van der Waals surface area contributed by atoms with Crippen molar-refractivity contribution in [1.82, 2.24) is 10.6 Å². The lowest BCUT2D eigenvalue weighted by molar-refractivity contribution is -0.141. The molecular formula is C14H26ClN3O5. The largest absolute Gasteiger partial charge is 0.469 e. The fraction of sp³-hybridized carbons (Fsp3) is 0.714. The molecule has 1 atom stereocenters. The average Bonchev–Trinajstić information content (AvgIpc) is 2.48. The Morgan fingerprint density at radius 3 is 2.30 bits per heavy atom. The number of nitrogens with two attached hydrogens (primary N) is 1. The van der Waals surface area contributed by atoms with E-state index in [0.29, 0.717) is 19.4 Å². The standard InChI is InChI=1S/C14H25N3O5.ClH/c1-10(18)17-12(5-3-4-8-15)14(21)16-9-11(19)6-7-13(20)22-2;/h12H,3-9,15H2,1-2H3,(H,16,21)(H,17,18);1H/t12-;/m0./s1. The molecule has 0 saturated heterocycles. The Morgan fingerprint density at radius 1 is 1.13 bits per heavy atom. The van der Waals surface area contributed by atoms with Crippen molar-refractivity contribution >= 4 is 36.0 Å². The summed E-state index contributed by atoms with van der Waals surface area (Å²) in [6, 6.07) is -0.683. The first-order valence-corrected chi connectivity index (χ1v) is 7.24. The number of ether oxygens (including phenoxy) is 1. The van der Waals surface area contributed by atoms with Gasteiger partial charge in [0.05, 0.1) is 20.1 Å². The number of ketones is 1. The van der Waals surface area contributed by atoms with Crippen molar-refractivity contribution in [3.8, 4) is 0 Å². The minimum atomic E-state index is -0.683. The Balaban J connectivity index is 0. The van der Waals surface area contributed by atoms with Crippen LogP contribution in [-0.2, 0) is 23.9 Å². The van der Waals surface area contributed by atoms with Crippen molar-refractivity contribution < 1.29 is 23.9 Å². The molecule has 4 N–H and O–H groups in total. The second-order valence-corrected chi connectivity index (χ2v) is 4.87. The van der Waals surface area contributed by atoms with Crippen LogP contribution in [-0.4, -0.2) is 49.8 Å². The van der Waals surface area contributed by atoms with Crippen LogP contribution in [0.4, 0.5) is 0 Å². The maximum absolute atomic E-state index is 12.0. The van der Waals surface area contributed by atoms with Crippen LogP contribution in [0.3, 0.4) is 0 Å². The number of Topliss-reactive ketones (excluding diaryl/α,β-unsaturated/α-hetero) is 1. The normalized spacial score (nSPS) is 10.9. The highest BCUT2D eigenvalue weighted by Crippen LogP contribution is 2.01. The molecule has 0 aromatic rings. The molecule has 0 aliphatic heterocycles. The summed E-state index contributed by atoms with van der Waals surface area (Å²) >= 11 is 0. The zero-order valence-electron chi connectivity index (χ0n) is 13.6. The van der Waals surface area contributed by atoms with Gasteiger partial charge in [-0.1, -0.05) is 0 Å². The Bertz CT molecular complexity index is 404. The van der Waals surface area contributed by atoms with Crippen molar-refractivity contribution in [2.75, 3.05) is 20.2 Å². The number of hydrogen-bond acceptors (Lipinski definition) is 6. The third kappa shape index (κ3) is 12.5. The van der Waals surface area contributed by atoms with E-state index >= 15 is 0 Å². The molecule has 0 aromatic heterocycles. The minimum Gasteiger partial charge on any atom is -0.469 e. The minimum absolute atomic E-state index is 0. The third-order valence-electron chi connectivity index (χ3n) is 2.94. The van der Waals surface area contributed by atoms with E-state index in [9.17, 15) is 19.2 Å². The van der Waals surface area contributed by atoms with Crippen LogP contribution >= 0.6 is 12.4 Å². The van der Waals surface area contributed by atoms with E-state index in [2.05, 4.69) is 15.4 Å². The second-order valence-electron chi connectivity index (χ2n) is 4.87. The van der Waals surface area contributed by atoms with Gasteiger partial charge in [-0.05, 0) is 25.8 Å². The van der Waals surface area contributed by atoms with E-state index in [1.54, 1.807) is 0 Å². The zero-order chi connectivity index (χ0) is 17.0. The van der Waals surface area contributed by atoms with Gasteiger partial charge in [-0.15, -0.1) is 12.4 Å². The van der Waals surface area contributed by atoms with E-state index in [4.69, 9.17) is 5.73 Å². The van der Waals surface area contributed by atoms with Gasteiger partial charge in [0.25, 0.3) is 0 Å². The lowest BCUT2D eigenvalue weighted by atomic mass is 10.1. The van der Waals surface area contributed by atoms with Gasteiger partial charge in [-0.2, -0.15) is 0 Å². The summed E-state index contributed by atoms with van der Waals surface area (Å²) in [5.74, 6) is -1.48. The van der Waals surface area contributed by atoms with Crippen LogP contribution < -0.4 is 16.4 Å². The van der Waals surface area contributed by atoms with Gasteiger partial charge in [0.1, 0.15) is 6.04 Å². The molecule has 23 heavy (non-hydrogen) atoms. The predicted octanol–water partition coefficient (Wildman–Crippen LogP) is -0.320. The lowest BCUT2D eigenvalue weighted by Crippen LogP contribution is -2.47. The number of carbonyl (C=O) groups is 4. The number of unbranched alkanes of at least 4 members (excludes halogenated alkanes) is 1. The number of methoxy groups -OCH3 is 1. The Kier molecular flexibility index (Phi) is 14.3. The van der Waals surface area contributed by atoms with E-state index in [0.717, 1.165) is 6.42 Å². The molecule has 0 aliphatic rings. The Labute approximate surface area is 142 Å². The SMILES string of the molecule is COC(=O)CCC(=O)CNC(=O)[C@H](CCCCN)NC(C)=O.Cl. The average molecular weight is 352 g/mol. The molecule has 0 fully saturated rings. The summed E-state index contributed by atoms with van der Waals surface area (Å²) in [5, 5.41) is 5.01. The quantitative estimate of drug-likeness (QED) is 0.346. The van der Waals surface area contributed by atoms with Crippen molar-refractivity contribution in [1.29, 1.82) is 0 Å². The highest BCUT2D eigenvalue weighted by molar-refractivity contribution is 5.91. The van der Waals surface area contributed by atoms with Crippen molar-refractivity contribution in [3.05, 3.63) is 0 Å². The zero-order valence-corrected chi connectivity index (χ0v) is 14.4. The highest BCUT2D eigenvalue weighted by atomic mass is 35.5. The number of carbonyl (C=O) groups excluding carboxylic acids is 4. The summed E-state index contributed by atoms with van der Waals surface area (Å²) in [6.07, 6.45) is 1.90. The molecule has 2 amide bonds. The molecule has 0 saturated carbocycles. The fourth-order valence-corrected chi connectivity index (χ4v) is 1.75. The van der Waals surface area contributed by atoms with Gasteiger partial charge >= 0.3 is 5.97 Å². The molecule has 0 unspecified atom stereocenters. The number of nitrogens with one attached hydrogen (secondary N) is 2. The van der Waals surface area contributed by atoms with E-state index in [-0.39, 0.29) is 43.5 Å². The van der Waals surface area contributed by atoms with Crippen LogP contribution in [0, 0.1) is 0 Å². The third-order valence-corrected chi connectivity index (χ3v) is 2.94. The number of esters is 1. The number of rotatable bonds is 11. The molecule has 0 radical (unpaired) electrons. The smallest absolute Gasteiger partial charge is 0.305 e. The van der Waals surface area contributed by atoms with Crippen molar-refractivity contribution in [3.63, 3.8) is 0 Å². The van der Waals surface area contributed by atoms with E-state index in [1.807, 2.05) is 0 Å². The van der Waals surface area contributed by atoms with Crippen LogP contribution in [0.2, 0.25) is 0 Å². The van der Waals surface area contributed by atoms with Gasteiger partial charge in [-0.25, -0.2) is 0 Å². The molecule has 134 valence electrons. The van der Waals surface area contributed by atoms with Gasteiger partial charge in [0, 0.05) is 13.3 Å². The van der Waals surface area contributed by atoms with Crippen molar-refractivity contribution in [2.24, 2.45) is 5.73 Å². The monoisotopic (exact) mass is 351 g/mol. The van der Waals surface area contributed by atoms with Crippen LogP contribution in [0.5, 0.6) is 0 Å². The predicted molar refractivity (Wildman–Crippen MR) is 87.0 cm³/mol. The Morgan fingerprint density at radius 2 is 1.78 bits per heavy atom. The molecule has 8 nitrogen and oxygen atoms in total. The summed E-state index contributed by atoms with van der Waals surface area (Å²) in [7, 11) is 1.24. The lowest BCUT2D eigenvalue weighted by Gasteiger charge is -2.17. The van der Waals surface area contributed by atoms with Crippen molar-refractivity contribution in [2.45, 2.75) is 45.1 Å². The second kappa shape index (κ2) is 14.0. The van der Waals surface area contributed by atoms with Gasteiger partial charge in [-0.3, -0.25) is 19.2 Å². The van der Waals surface area contributed by atoms with E-state index < -0.39 is 17.9 Å².